The van der Waals surface area contributed by atoms with Gasteiger partial charge in [0.2, 0.25) is 5.91 Å². The van der Waals surface area contributed by atoms with Gasteiger partial charge in [-0.25, -0.2) is 14.6 Å². The van der Waals surface area contributed by atoms with Gasteiger partial charge in [-0.1, -0.05) is 0 Å². The molecule has 3 rings (SSSR count). The van der Waals surface area contributed by atoms with Crippen molar-refractivity contribution in [2.75, 3.05) is 49.1 Å². The highest BCUT2D eigenvalue weighted by Crippen LogP contribution is 2.23. The summed E-state index contributed by atoms with van der Waals surface area (Å²) in [5.41, 5.74) is 0.130. The maximum Gasteiger partial charge on any atom is 0.414 e. The molecule has 1 atom stereocenters. The van der Waals surface area contributed by atoms with E-state index in [9.17, 15) is 14.4 Å². The van der Waals surface area contributed by atoms with Gasteiger partial charge in [-0.05, 0) is 32.9 Å². The zero-order valence-electron chi connectivity index (χ0n) is 17.9. The molecule has 2 aliphatic rings. The summed E-state index contributed by atoms with van der Waals surface area (Å²) >= 11 is 0. The molecule has 164 valence electrons. The number of nitrogens with zero attached hydrogens (tertiary/aromatic N) is 4. The third-order valence-electron chi connectivity index (χ3n) is 4.75. The summed E-state index contributed by atoms with van der Waals surface area (Å²) in [5.74, 6) is 0.618. The highest BCUT2D eigenvalue weighted by Gasteiger charge is 2.33. The molecule has 0 spiro atoms. The first-order valence-electron chi connectivity index (χ1n) is 10.0. The fraction of sp³-hybridized carbons (Fsp3) is 0.600. The van der Waals surface area contributed by atoms with Gasteiger partial charge in [0.1, 0.15) is 17.5 Å². The molecule has 0 radical (unpaired) electrons. The van der Waals surface area contributed by atoms with E-state index in [1.54, 1.807) is 11.1 Å². The van der Waals surface area contributed by atoms with Crippen molar-refractivity contribution in [1.82, 2.24) is 15.2 Å². The molecule has 10 nitrogen and oxygen atoms in total. The summed E-state index contributed by atoms with van der Waals surface area (Å²) in [6.07, 6.45) is 0.497. The van der Waals surface area contributed by atoms with E-state index >= 15 is 0 Å². The van der Waals surface area contributed by atoms with Crippen LogP contribution in [0, 0.1) is 0 Å². The van der Waals surface area contributed by atoms with Crippen LogP contribution in [-0.4, -0.2) is 79.0 Å². The van der Waals surface area contributed by atoms with Crippen LogP contribution in [0.2, 0.25) is 0 Å². The summed E-state index contributed by atoms with van der Waals surface area (Å²) < 4.78 is 10.7. The first-order valence-corrected chi connectivity index (χ1v) is 10.0. The number of aromatic nitrogens is 1. The molecule has 30 heavy (non-hydrogen) atoms. The first kappa shape index (κ1) is 21.7. The van der Waals surface area contributed by atoms with Crippen LogP contribution < -0.4 is 15.1 Å². The lowest BCUT2D eigenvalue weighted by molar-refractivity contribution is -0.119. The van der Waals surface area contributed by atoms with Gasteiger partial charge in [-0.15, -0.1) is 0 Å². The number of rotatable bonds is 4. The maximum absolute atomic E-state index is 12.2. The molecule has 0 saturated carbocycles. The lowest BCUT2D eigenvalue weighted by Crippen LogP contribution is -2.50. The second-order valence-electron chi connectivity index (χ2n) is 8.38. The Morgan fingerprint density at radius 1 is 1.23 bits per heavy atom. The second-order valence-corrected chi connectivity index (χ2v) is 8.38. The van der Waals surface area contributed by atoms with Crippen LogP contribution in [0.1, 0.15) is 27.7 Å². The molecule has 0 bridgehead atoms. The number of hydrogen-bond donors (Lipinski definition) is 1. The van der Waals surface area contributed by atoms with Crippen molar-refractivity contribution >= 4 is 29.6 Å². The van der Waals surface area contributed by atoms with E-state index in [-0.39, 0.29) is 24.6 Å². The molecule has 1 unspecified atom stereocenters. The molecule has 0 aliphatic carbocycles. The minimum Gasteiger partial charge on any atom is -0.444 e. The molecule has 10 heteroatoms. The van der Waals surface area contributed by atoms with Crippen molar-refractivity contribution in [2.45, 2.75) is 39.4 Å². The van der Waals surface area contributed by atoms with Gasteiger partial charge in [-0.2, -0.15) is 0 Å². The normalized spacial score (nSPS) is 19.5. The molecule has 0 aromatic carbocycles. The van der Waals surface area contributed by atoms with E-state index in [0.717, 1.165) is 5.82 Å². The molecule has 2 aliphatic heterocycles. The summed E-state index contributed by atoms with van der Waals surface area (Å²) in [4.78, 5) is 45.1. The average molecular weight is 419 g/mol. The zero-order valence-corrected chi connectivity index (χ0v) is 17.9. The average Bonchev–Trinajstić information content (AvgIpc) is 3.06. The number of hydrogen-bond acceptors (Lipinski definition) is 7. The van der Waals surface area contributed by atoms with Crippen LogP contribution in [0.3, 0.4) is 0 Å². The Balaban J connectivity index is 1.53. The van der Waals surface area contributed by atoms with E-state index in [2.05, 4.69) is 15.2 Å². The number of ether oxygens (including phenoxy) is 2. The van der Waals surface area contributed by atoms with Crippen molar-refractivity contribution in [2.24, 2.45) is 0 Å². The minimum absolute atomic E-state index is 0.165. The number of pyridine rings is 1. The van der Waals surface area contributed by atoms with E-state index in [1.807, 2.05) is 32.9 Å². The lowest BCUT2D eigenvalue weighted by atomic mass is 10.2. The molecule has 2 fully saturated rings. The lowest BCUT2D eigenvalue weighted by Gasteiger charge is -2.36. The van der Waals surface area contributed by atoms with E-state index in [1.165, 1.54) is 11.8 Å². The monoisotopic (exact) mass is 419 g/mol. The number of carbonyl (C=O) groups is 3. The van der Waals surface area contributed by atoms with E-state index in [4.69, 9.17) is 9.47 Å². The Morgan fingerprint density at radius 2 is 1.93 bits per heavy atom. The quantitative estimate of drug-likeness (QED) is 0.790. The van der Waals surface area contributed by atoms with Crippen LogP contribution in [0.4, 0.5) is 21.1 Å². The van der Waals surface area contributed by atoms with Crippen LogP contribution in [0.5, 0.6) is 0 Å². The topological polar surface area (TPSA) is 104 Å². The minimum atomic E-state index is -0.510. The fourth-order valence-electron chi connectivity index (χ4n) is 3.27. The molecular weight excluding hydrogens is 390 g/mol. The van der Waals surface area contributed by atoms with E-state index < -0.39 is 11.7 Å². The summed E-state index contributed by atoms with van der Waals surface area (Å²) in [6, 6.07) is 3.68. The third-order valence-corrected chi connectivity index (χ3v) is 4.75. The van der Waals surface area contributed by atoms with Crippen molar-refractivity contribution in [1.29, 1.82) is 0 Å². The summed E-state index contributed by atoms with van der Waals surface area (Å²) in [5, 5.41) is 2.65. The number of carbonyl (C=O) groups excluding carboxylic acids is 3. The second kappa shape index (κ2) is 8.76. The molecule has 1 aromatic rings. The zero-order chi connectivity index (χ0) is 21.9. The largest absolute Gasteiger partial charge is 0.444 e. The van der Waals surface area contributed by atoms with Gasteiger partial charge in [0, 0.05) is 33.1 Å². The Kier molecular flexibility index (Phi) is 6.33. The predicted octanol–water partition coefficient (Wildman–Crippen LogP) is 1.60. The van der Waals surface area contributed by atoms with Gasteiger partial charge in [0.05, 0.1) is 25.0 Å². The van der Waals surface area contributed by atoms with Gasteiger partial charge in [-0.3, -0.25) is 9.69 Å². The molecule has 1 aromatic heterocycles. The Morgan fingerprint density at radius 3 is 2.50 bits per heavy atom. The summed E-state index contributed by atoms with van der Waals surface area (Å²) in [6.45, 7) is 10.0. The Hall–Kier alpha value is -3.04. The van der Waals surface area contributed by atoms with Crippen molar-refractivity contribution in [3.8, 4) is 0 Å². The molecular formula is C20H29N5O5. The Labute approximate surface area is 176 Å². The third kappa shape index (κ3) is 5.52. The standard InChI is InChI=1S/C20H29N5O5/c1-14(26)21-12-16-13-25(19(28)29-16)15-5-6-17(22-11-15)23-7-9-24(10-8-23)18(27)30-20(2,3)4/h5-6,11,16H,7-10,12-13H2,1-4H3,(H,21,26). The van der Waals surface area contributed by atoms with Crippen molar-refractivity contribution in [3.05, 3.63) is 18.3 Å². The predicted molar refractivity (Wildman–Crippen MR) is 111 cm³/mol. The van der Waals surface area contributed by atoms with Gasteiger partial charge in [0.25, 0.3) is 0 Å². The maximum atomic E-state index is 12.2. The number of anilines is 2. The highest BCUT2D eigenvalue weighted by molar-refractivity contribution is 5.89. The van der Waals surface area contributed by atoms with Crippen LogP contribution >= 0.6 is 0 Å². The highest BCUT2D eigenvalue weighted by atomic mass is 16.6. The smallest absolute Gasteiger partial charge is 0.414 e. The van der Waals surface area contributed by atoms with Crippen molar-refractivity contribution < 1.29 is 23.9 Å². The SMILES string of the molecule is CC(=O)NCC1CN(c2ccc(N3CCN(C(=O)OC(C)(C)C)CC3)nc2)C(=O)O1. The first-order chi connectivity index (χ1) is 14.1. The molecule has 3 heterocycles. The molecule has 3 amide bonds. The van der Waals surface area contributed by atoms with Gasteiger partial charge >= 0.3 is 12.2 Å². The van der Waals surface area contributed by atoms with Crippen molar-refractivity contribution in [3.63, 3.8) is 0 Å². The summed E-state index contributed by atoms with van der Waals surface area (Å²) in [7, 11) is 0. The van der Waals surface area contributed by atoms with Gasteiger partial charge < -0.3 is 24.6 Å². The molecule has 1 N–H and O–H groups in total. The van der Waals surface area contributed by atoms with Crippen LogP contribution in [-0.2, 0) is 14.3 Å². The van der Waals surface area contributed by atoms with E-state index in [0.29, 0.717) is 38.4 Å². The van der Waals surface area contributed by atoms with Gasteiger partial charge in [0.15, 0.2) is 0 Å². The molecule has 2 saturated heterocycles. The number of cyclic esters (lactones) is 1. The number of nitrogens with one attached hydrogen (secondary N) is 1. The number of amides is 3. The van der Waals surface area contributed by atoms with Crippen LogP contribution in [0.25, 0.3) is 0 Å². The number of piperazine rings is 1. The fourth-order valence-corrected chi connectivity index (χ4v) is 3.27. The Bertz CT molecular complexity index is 784. The van der Waals surface area contributed by atoms with Crippen LogP contribution in [0.15, 0.2) is 18.3 Å².